The molecular formula is C25H23F4N5. The monoisotopic (exact) mass is 469 g/mol. The summed E-state index contributed by atoms with van der Waals surface area (Å²) < 4.78 is 54.3. The minimum Gasteiger partial charge on any atom is -0.382 e. The molecule has 0 radical (unpaired) electrons. The fourth-order valence-corrected chi connectivity index (χ4v) is 4.60. The Kier molecular flexibility index (Phi) is 5.10. The Morgan fingerprint density at radius 3 is 2.59 bits per heavy atom. The van der Waals surface area contributed by atoms with Gasteiger partial charge in [0.25, 0.3) is 0 Å². The van der Waals surface area contributed by atoms with Crippen molar-refractivity contribution in [3.63, 3.8) is 0 Å². The number of aromatic nitrogens is 1. The molecule has 34 heavy (non-hydrogen) atoms. The summed E-state index contributed by atoms with van der Waals surface area (Å²) in [6.45, 7) is 0.590. The largest absolute Gasteiger partial charge is 0.405 e. The zero-order chi connectivity index (χ0) is 24.3. The van der Waals surface area contributed by atoms with E-state index in [1.54, 1.807) is 25.2 Å². The predicted molar refractivity (Wildman–Crippen MR) is 125 cm³/mol. The third kappa shape index (κ3) is 3.59. The molecule has 176 valence electrons. The van der Waals surface area contributed by atoms with Crippen LogP contribution in [0.3, 0.4) is 0 Å². The van der Waals surface area contributed by atoms with Crippen molar-refractivity contribution in [2.45, 2.75) is 31.9 Å². The molecular weight excluding hydrogens is 446 g/mol. The van der Waals surface area contributed by atoms with Gasteiger partial charge in [-0.3, -0.25) is 0 Å². The van der Waals surface area contributed by atoms with Crippen molar-refractivity contribution in [1.82, 2.24) is 4.98 Å². The van der Waals surface area contributed by atoms with E-state index in [1.165, 1.54) is 17.1 Å². The van der Waals surface area contributed by atoms with Crippen LogP contribution in [0.15, 0.2) is 36.4 Å². The molecule has 0 atom stereocenters. The lowest BCUT2D eigenvalue weighted by molar-refractivity contribution is -0.168. The van der Waals surface area contributed by atoms with Gasteiger partial charge in [0.05, 0.1) is 0 Å². The second-order valence-corrected chi connectivity index (χ2v) is 8.86. The van der Waals surface area contributed by atoms with Gasteiger partial charge in [0, 0.05) is 35.6 Å². The molecule has 0 unspecified atom stereocenters. The van der Waals surface area contributed by atoms with Crippen LogP contribution < -0.4 is 21.5 Å². The van der Waals surface area contributed by atoms with Crippen molar-refractivity contribution in [3.8, 4) is 11.8 Å². The Hall–Kier alpha value is -3.51. The summed E-state index contributed by atoms with van der Waals surface area (Å²) in [5.74, 6) is 11.5. The summed E-state index contributed by atoms with van der Waals surface area (Å²) >= 11 is 0. The van der Waals surface area contributed by atoms with Gasteiger partial charge in [-0.05, 0) is 61.6 Å². The second kappa shape index (κ2) is 7.77. The summed E-state index contributed by atoms with van der Waals surface area (Å²) in [5.41, 5.74) is 7.04. The van der Waals surface area contributed by atoms with E-state index >= 15 is 0 Å². The minimum atomic E-state index is -4.33. The van der Waals surface area contributed by atoms with Crippen molar-refractivity contribution in [2.24, 2.45) is 11.3 Å². The number of rotatable bonds is 2. The smallest absolute Gasteiger partial charge is 0.382 e. The van der Waals surface area contributed by atoms with Crippen LogP contribution in [-0.4, -0.2) is 24.8 Å². The van der Waals surface area contributed by atoms with Gasteiger partial charge in [-0.1, -0.05) is 17.9 Å². The molecule has 1 aliphatic heterocycles. The second-order valence-electron chi connectivity index (χ2n) is 8.86. The molecule has 5 nitrogen and oxygen atoms in total. The molecule has 2 aromatic carbocycles. The van der Waals surface area contributed by atoms with Crippen LogP contribution in [0.4, 0.5) is 40.6 Å². The fraction of sp³-hybridized carbons (Fsp3) is 0.320. The number of nitrogen functional groups attached to an aromatic ring is 1. The number of hydrazine groups is 1. The Bertz CT molecular complexity index is 1350. The maximum Gasteiger partial charge on any atom is 0.405 e. The molecule has 0 bridgehead atoms. The van der Waals surface area contributed by atoms with E-state index in [9.17, 15) is 17.6 Å². The third-order valence-electron chi connectivity index (χ3n) is 6.53. The Morgan fingerprint density at radius 2 is 1.91 bits per heavy atom. The van der Waals surface area contributed by atoms with Crippen molar-refractivity contribution < 1.29 is 17.6 Å². The number of halogens is 4. The fourth-order valence-electron chi connectivity index (χ4n) is 4.60. The highest BCUT2D eigenvalue weighted by Crippen LogP contribution is 2.57. The van der Waals surface area contributed by atoms with E-state index in [4.69, 9.17) is 11.6 Å². The van der Waals surface area contributed by atoms with E-state index in [2.05, 4.69) is 16.8 Å². The molecule has 0 spiro atoms. The number of hydrogen-bond donors (Lipinski definition) is 2. The Labute approximate surface area is 194 Å². The van der Waals surface area contributed by atoms with Crippen LogP contribution in [0.2, 0.25) is 0 Å². The quantitative estimate of drug-likeness (QED) is 0.238. The van der Waals surface area contributed by atoms with Gasteiger partial charge in [0.15, 0.2) is 5.82 Å². The Morgan fingerprint density at radius 1 is 1.15 bits per heavy atom. The number of anilines is 4. The number of fused-ring (bicyclic) bond motifs is 2. The first kappa shape index (κ1) is 22.3. The summed E-state index contributed by atoms with van der Waals surface area (Å²) in [4.78, 5) is 6.50. The van der Waals surface area contributed by atoms with Crippen LogP contribution in [0, 0.1) is 23.1 Å². The molecule has 2 aliphatic rings. The summed E-state index contributed by atoms with van der Waals surface area (Å²) in [6.07, 6.45) is -2.86. The molecule has 3 aromatic rings. The third-order valence-corrected chi connectivity index (χ3v) is 6.53. The number of hydrogen-bond acceptors (Lipinski definition) is 5. The lowest BCUT2D eigenvalue weighted by Crippen LogP contribution is -2.29. The van der Waals surface area contributed by atoms with Gasteiger partial charge in [0.2, 0.25) is 0 Å². The molecule has 0 amide bonds. The van der Waals surface area contributed by atoms with E-state index in [-0.39, 0.29) is 18.7 Å². The number of nitrogens with two attached hydrogens (primary N) is 2. The molecule has 1 saturated carbocycles. The maximum atomic E-state index is 14.3. The van der Waals surface area contributed by atoms with Gasteiger partial charge in [0.1, 0.15) is 22.7 Å². The van der Waals surface area contributed by atoms with Gasteiger partial charge < -0.3 is 15.6 Å². The molecule has 2 heterocycles. The van der Waals surface area contributed by atoms with E-state index in [0.717, 1.165) is 17.7 Å². The zero-order valence-electron chi connectivity index (χ0n) is 18.5. The lowest BCUT2D eigenvalue weighted by Gasteiger charge is -2.32. The molecule has 0 saturated heterocycles. The highest BCUT2D eigenvalue weighted by Gasteiger charge is 2.62. The van der Waals surface area contributed by atoms with E-state index < -0.39 is 17.4 Å². The number of pyridine rings is 1. The lowest BCUT2D eigenvalue weighted by atomic mass is 9.95. The first-order valence-corrected chi connectivity index (χ1v) is 11.0. The minimum absolute atomic E-state index is 0.0351. The first-order valence-electron chi connectivity index (χ1n) is 11.0. The van der Waals surface area contributed by atoms with Gasteiger partial charge in [-0.15, -0.1) is 0 Å². The van der Waals surface area contributed by atoms with Gasteiger partial charge in [-0.2, -0.15) is 13.2 Å². The highest BCUT2D eigenvalue weighted by atomic mass is 19.4. The number of nitrogens with zero attached hydrogens (tertiary/aromatic N) is 3. The summed E-state index contributed by atoms with van der Waals surface area (Å²) in [7, 11) is 1.63. The molecule has 5 rings (SSSR count). The van der Waals surface area contributed by atoms with Crippen LogP contribution in [-0.2, 0) is 6.42 Å². The molecule has 1 aromatic heterocycles. The van der Waals surface area contributed by atoms with Crippen molar-refractivity contribution in [2.75, 3.05) is 29.2 Å². The van der Waals surface area contributed by atoms with Crippen molar-refractivity contribution >= 4 is 33.8 Å². The molecule has 1 fully saturated rings. The first-order chi connectivity index (χ1) is 16.1. The van der Waals surface area contributed by atoms with Gasteiger partial charge in [-0.25, -0.2) is 15.2 Å². The summed E-state index contributed by atoms with van der Waals surface area (Å²) in [5, 5.41) is 2.54. The molecule has 4 N–H and O–H groups in total. The average molecular weight is 469 g/mol. The summed E-state index contributed by atoms with van der Waals surface area (Å²) in [6, 6.07) is 9.73. The SMILES string of the molecule is CN(N)c1c(N)nc(N2CCCc3c(C#CC4(C(F)(F)F)CC4)cccc32)c2cc(F)ccc12. The van der Waals surface area contributed by atoms with Crippen LogP contribution in [0.5, 0.6) is 0 Å². The normalized spacial score (nSPS) is 16.6. The standard InChI is InChI=1S/C25H23F4N5/c1-33(31)21-18-8-7-16(26)14-19(18)23(32-22(21)30)34-13-3-5-17-15(4-2-6-20(17)34)9-10-24(11-12-24)25(27,28)29/h2,4,6-8,14H,3,5,11-13,31H2,1H3,(H2,30,32). The molecule has 1 aliphatic carbocycles. The maximum absolute atomic E-state index is 14.3. The topological polar surface area (TPSA) is 71.4 Å². The predicted octanol–water partition coefficient (Wildman–Crippen LogP) is 5.04. The van der Waals surface area contributed by atoms with Crippen molar-refractivity contribution in [3.05, 3.63) is 53.3 Å². The number of benzene rings is 2. The van der Waals surface area contributed by atoms with Crippen LogP contribution in [0.1, 0.15) is 30.4 Å². The van der Waals surface area contributed by atoms with Crippen molar-refractivity contribution in [1.29, 1.82) is 0 Å². The van der Waals surface area contributed by atoms with E-state index in [0.29, 0.717) is 40.8 Å². The van der Waals surface area contributed by atoms with Crippen LogP contribution in [0.25, 0.3) is 10.8 Å². The molecule has 9 heteroatoms. The van der Waals surface area contributed by atoms with Gasteiger partial charge >= 0.3 is 6.18 Å². The zero-order valence-corrected chi connectivity index (χ0v) is 18.5. The number of alkyl halides is 3. The van der Waals surface area contributed by atoms with Crippen LogP contribution >= 0.6 is 0 Å². The Balaban J connectivity index is 1.65. The van der Waals surface area contributed by atoms with E-state index in [1.807, 2.05) is 11.0 Å². The highest BCUT2D eigenvalue weighted by molar-refractivity contribution is 6.05. The average Bonchev–Trinajstić information content (AvgIpc) is 3.58.